The average molecular weight is 376 g/mol. The van der Waals surface area contributed by atoms with Crippen molar-refractivity contribution >= 4 is 21.8 Å². The van der Waals surface area contributed by atoms with Crippen LogP contribution in [0.4, 0.5) is 0 Å². The second-order valence-corrected chi connectivity index (χ2v) is 6.45. The van der Waals surface area contributed by atoms with Gasteiger partial charge < -0.3 is 14.4 Å². The van der Waals surface area contributed by atoms with Crippen molar-refractivity contribution in [1.29, 1.82) is 0 Å². The average Bonchev–Trinajstić information content (AvgIpc) is 2.55. The van der Waals surface area contributed by atoms with Crippen molar-refractivity contribution in [3.63, 3.8) is 0 Å². The maximum atomic E-state index is 12.7. The Hall–Kier alpha value is -2.01. The normalized spacial score (nSPS) is 19.3. The number of para-hydroxylation sites is 2. The number of rotatable bonds is 3. The number of likely N-dealkylation sites (N-methyl/N-ethyl adjacent to an activating group) is 1. The number of halogens is 1. The molecule has 0 aliphatic carbocycles. The summed E-state index contributed by atoms with van der Waals surface area (Å²) in [5.74, 6) is 1.19. The lowest BCUT2D eigenvalue weighted by Crippen LogP contribution is -2.49. The molecule has 0 bridgehead atoms. The molecular weight excluding hydrogens is 358 g/mol. The Morgan fingerprint density at radius 3 is 2.39 bits per heavy atom. The van der Waals surface area contributed by atoms with Gasteiger partial charge in [-0.05, 0) is 30.7 Å². The topological polar surface area (TPSA) is 38.8 Å². The Morgan fingerprint density at radius 2 is 1.70 bits per heavy atom. The molecule has 4 nitrogen and oxygen atoms in total. The van der Waals surface area contributed by atoms with Crippen molar-refractivity contribution in [3.05, 3.63) is 58.6 Å². The van der Waals surface area contributed by atoms with E-state index in [1.165, 1.54) is 0 Å². The van der Waals surface area contributed by atoms with Crippen LogP contribution in [0.25, 0.3) is 0 Å². The van der Waals surface area contributed by atoms with E-state index in [0.29, 0.717) is 18.0 Å². The van der Waals surface area contributed by atoms with Crippen LogP contribution in [0, 0.1) is 0 Å². The Morgan fingerprint density at radius 1 is 1.09 bits per heavy atom. The number of fused-ring (bicyclic) bond motifs is 1. The maximum Gasteiger partial charge on any atom is 0.267 e. The van der Waals surface area contributed by atoms with Gasteiger partial charge in [0.05, 0.1) is 0 Å². The van der Waals surface area contributed by atoms with E-state index in [1.54, 1.807) is 11.9 Å². The third kappa shape index (κ3) is 3.34. The van der Waals surface area contributed by atoms with Crippen LogP contribution in [0.2, 0.25) is 0 Å². The fourth-order valence-corrected chi connectivity index (χ4v) is 2.98. The number of benzene rings is 2. The molecule has 2 aromatic carbocycles. The van der Waals surface area contributed by atoms with E-state index in [-0.39, 0.29) is 12.0 Å². The highest BCUT2D eigenvalue weighted by Crippen LogP contribution is 2.34. The summed E-state index contributed by atoms with van der Waals surface area (Å²) in [7, 11) is 1.78. The van der Waals surface area contributed by atoms with Gasteiger partial charge >= 0.3 is 0 Å². The highest BCUT2D eigenvalue weighted by Gasteiger charge is 2.35. The van der Waals surface area contributed by atoms with Gasteiger partial charge in [-0.15, -0.1) is 0 Å². The Labute approximate surface area is 144 Å². The van der Waals surface area contributed by atoms with Crippen LogP contribution in [-0.4, -0.2) is 30.1 Å². The fourth-order valence-electron chi connectivity index (χ4n) is 2.57. The second kappa shape index (κ2) is 6.62. The van der Waals surface area contributed by atoms with Crippen LogP contribution in [-0.2, 0) is 11.3 Å². The summed E-state index contributed by atoms with van der Waals surface area (Å²) in [6.07, 6.45) is -0.976. The van der Waals surface area contributed by atoms with Crippen molar-refractivity contribution < 1.29 is 14.3 Å². The molecule has 3 rings (SSSR count). The number of ether oxygens (including phenoxy) is 2. The molecule has 1 amide bonds. The summed E-state index contributed by atoms with van der Waals surface area (Å²) >= 11 is 3.51. The number of carbonyl (C=O) groups is 1. The van der Waals surface area contributed by atoms with Crippen molar-refractivity contribution in [2.45, 2.75) is 25.7 Å². The summed E-state index contributed by atoms with van der Waals surface area (Å²) < 4.78 is 12.7. The summed E-state index contributed by atoms with van der Waals surface area (Å²) in [4.78, 5) is 14.4. The first kappa shape index (κ1) is 15.9. The molecule has 0 aromatic heterocycles. The molecule has 5 heteroatoms. The third-order valence-corrected chi connectivity index (χ3v) is 4.60. The highest BCUT2D eigenvalue weighted by atomic mass is 79.9. The predicted octanol–water partition coefficient (Wildman–Crippen LogP) is 3.64. The monoisotopic (exact) mass is 375 g/mol. The standard InChI is InChI=1S/C18H18BrNO3/c1-12-17(23-16-10-6-5-9-15(16)22-12)18(21)20(2)11-13-7-3-4-8-14(13)19/h3-10,12,17H,11H2,1-2H3. The predicted molar refractivity (Wildman–Crippen MR) is 91.6 cm³/mol. The van der Waals surface area contributed by atoms with Crippen molar-refractivity contribution in [3.8, 4) is 11.5 Å². The van der Waals surface area contributed by atoms with E-state index in [1.807, 2.05) is 55.5 Å². The van der Waals surface area contributed by atoms with Crippen LogP contribution in [0.3, 0.4) is 0 Å². The lowest BCUT2D eigenvalue weighted by Gasteiger charge is -2.33. The van der Waals surface area contributed by atoms with Crippen molar-refractivity contribution in [1.82, 2.24) is 4.90 Å². The number of nitrogens with zero attached hydrogens (tertiary/aromatic N) is 1. The van der Waals surface area contributed by atoms with Gasteiger partial charge in [0.15, 0.2) is 11.5 Å². The molecule has 120 valence electrons. The van der Waals surface area contributed by atoms with Crippen LogP contribution in [0.15, 0.2) is 53.0 Å². The minimum Gasteiger partial charge on any atom is -0.482 e. The fraction of sp³-hybridized carbons (Fsp3) is 0.278. The highest BCUT2D eigenvalue weighted by molar-refractivity contribution is 9.10. The van der Waals surface area contributed by atoms with Gasteiger partial charge in [-0.2, -0.15) is 0 Å². The van der Waals surface area contributed by atoms with Gasteiger partial charge in [0.25, 0.3) is 5.91 Å². The molecule has 2 unspecified atom stereocenters. The summed E-state index contributed by atoms with van der Waals surface area (Å²) in [6.45, 7) is 2.36. The molecule has 0 saturated carbocycles. The van der Waals surface area contributed by atoms with Gasteiger partial charge in [-0.3, -0.25) is 4.79 Å². The van der Waals surface area contributed by atoms with Gasteiger partial charge in [-0.1, -0.05) is 46.3 Å². The summed E-state index contributed by atoms with van der Waals surface area (Å²) in [6, 6.07) is 15.3. The number of amides is 1. The van der Waals surface area contributed by atoms with E-state index in [0.717, 1.165) is 10.0 Å². The zero-order valence-corrected chi connectivity index (χ0v) is 14.6. The molecule has 0 saturated heterocycles. The smallest absolute Gasteiger partial charge is 0.267 e. The Bertz CT molecular complexity index is 719. The van der Waals surface area contributed by atoms with Gasteiger partial charge in [0, 0.05) is 18.1 Å². The third-order valence-electron chi connectivity index (χ3n) is 3.83. The Kier molecular flexibility index (Phi) is 4.57. The van der Waals surface area contributed by atoms with E-state index in [4.69, 9.17) is 9.47 Å². The quantitative estimate of drug-likeness (QED) is 0.821. The maximum absolute atomic E-state index is 12.7. The molecule has 0 N–H and O–H groups in total. The molecule has 2 atom stereocenters. The van der Waals surface area contributed by atoms with Crippen molar-refractivity contribution in [2.75, 3.05) is 7.05 Å². The van der Waals surface area contributed by atoms with E-state index in [9.17, 15) is 4.79 Å². The first-order chi connectivity index (χ1) is 11.1. The van der Waals surface area contributed by atoms with Crippen LogP contribution in [0.1, 0.15) is 12.5 Å². The molecular formula is C18H18BrNO3. The number of carbonyl (C=O) groups excluding carboxylic acids is 1. The first-order valence-electron chi connectivity index (χ1n) is 7.47. The van der Waals surface area contributed by atoms with Gasteiger partial charge in [-0.25, -0.2) is 0 Å². The van der Waals surface area contributed by atoms with E-state index in [2.05, 4.69) is 15.9 Å². The molecule has 1 heterocycles. The molecule has 0 spiro atoms. The lowest BCUT2D eigenvalue weighted by atomic mass is 10.1. The van der Waals surface area contributed by atoms with Gasteiger partial charge in [0.2, 0.25) is 6.10 Å². The largest absolute Gasteiger partial charge is 0.482 e. The molecule has 1 aliphatic heterocycles. The van der Waals surface area contributed by atoms with E-state index >= 15 is 0 Å². The zero-order valence-electron chi connectivity index (χ0n) is 13.0. The first-order valence-corrected chi connectivity index (χ1v) is 8.26. The Balaban J connectivity index is 1.74. The number of hydrogen-bond acceptors (Lipinski definition) is 3. The SMILES string of the molecule is CC1Oc2ccccc2OC1C(=O)N(C)Cc1ccccc1Br. The molecule has 0 fully saturated rings. The second-order valence-electron chi connectivity index (χ2n) is 5.59. The zero-order chi connectivity index (χ0) is 16.4. The van der Waals surface area contributed by atoms with Crippen molar-refractivity contribution in [2.24, 2.45) is 0 Å². The minimum absolute atomic E-state index is 0.0947. The number of hydrogen-bond donors (Lipinski definition) is 0. The van der Waals surface area contributed by atoms with Crippen LogP contribution >= 0.6 is 15.9 Å². The molecule has 2 aromatic rings. The van der Waals surface area contributed by atoms with Gasteiger partial charge in [0.1, 0.15) is 6.10 Å². The molecule has 1 aliphatic rings. The van der Waals surface area contributed by atoms with E-state index < -0.39 is 6.10 Å². The molecule has 0 radical (unpaired) electrons. The van der Waals surface area contributed by atoms with Crippen LogP contribution in [0.5, 0.6) is 11.5 Å². The molecule has 23 heavy (non-hydrogen) atoms. The summed E-state index contributed by atoms with van der Waals surface area (Å²) in [5.41, 5.74) is 1.05. The lowest BCUT2D eigenvalue weighted by molar-refractivity contribution is -0.143. The minimum atomic E-state index is -0.641. The van der Waals surface area contributed by atoms with Crippen LogP contribution < -0.4 is 9.47 Å². The summed E-state index contributed by atoms with van der Waals surface area (Å²) in [5, 5.41) is 0.